The minimum absolute atomic E-state index is 0.323. The number of aryl methyl sites for hydroxylation is 1. The van der Waals surface area contributed by atoms with Crippen molar-refractivity contribution in [2.75, 3.05) is 11.9 Å². The maximum atomic E-state index is 13.8. The van der Waals surface area contributed by atoms with Gasteiger partial charge in [0.1, 0.15) is 17.7 Å². The number of hydrogen-bond donors (Lipinski definition) is 2. The van der Waals surface area contributed by atoms with Crippen LogP contribution >= 0.6 is 0 Å². The minimum atomic E-state index is -0.887. The van der Waals surface area contributed by atoms with Gasteiger partial charge in [0.15, 0.2) is 0 Å². The van der Waals surface area contributed by atoms with Crippen molar-refractivity contribution < 1.29 is 19.1 Å². The molecule has 0 radical (unpaired) electrons. The first-order chi connectivity index (χ1) is 18.0. The van der Waals surface area contributed by atoms with E-state index in [1.54, 1.807) is 32.6 Å². The predicted molar refractivity (Wildman–Crippen MR) is 152 cm³/mol. The lowest BCUT2D eigenvalue weighted by atomic mass is 10.00. The van der Waals surface area contributed by atoms with Crippen molar-refractivity contribution in [3.63, 3.8) is 0 Å². The Balaban J connectivity index is 1.93. The summed E-state index contributed by atoms with van der Waals surface area (Å²) in [5.41, 5.74) is 1.79. The van der Waals surface area contributed by atoms with E-state index in [1.807, 2.05) is 73.7 Å². The summed E-state index contributed by atoms with van der Waals surface area (Å²) in [6.45, 7) is 11.2. The van der Waals surface area contributed by atoms with Crippen molar-refractivity contribution in [3.8, 4) is 0 Å². The van der Waals surface area contributed by atoms with Crippen molar-refractivity contribution in [2.24, 2.45) is 0 Å². The summed E-state index contributed by atoms with van der Waals surface area (Å²) in [7, 11) is 0. The summed E-state index contributed by atoms with van der Waals surface area (Å²) in [5, 5.41) is 7.72. The molecular weight excluding hydrogens is 478 g/mol. The zero-order chi connectivity index (χ0) is 27.9. The van der Waals surface area contributed by atoms with Crippen LogP contribution in [0, 0.1) is 0 Å². The zero-order valence-corrected chi connectivity index (χ0v) is 23.2. The van der Waals surface area contributed by atoms with Crippen LogP contribution in [0.2, 0.25) is 0 Å². The summed E-state index contributed by atoms with van der Waals surface area (Å²) in [6.07, 6.45) is 0.819. The molecule has 2 N–H and O–H groups in total. The Morgan fingerprint density at radius 2 is 1.58 bits per heavy atom. The van der Waals surface area contributed by atoms with Gasteiger partial charge in [0.25, 0.3) is 5.91 Å². The van der Waals surface area contributed by atoms with Gasteiger partial charge in [-0.1, -0.05) is 68.4 Å². The van der Waals surface area contributed by atoms with Gasteiger partial charge in [-0.2, -0.15) is 0 Å². The molecule has 202 valence electrons. The maximum absolute atomic E-state index is 13.8. The lowest BCUT2D eigenvalue weighted by Crippen LogP contribution is -2.51. The average Bonchev–Trinajstić information content (AvgIpc) is 2.87. The number of carbonyl (C=O) groups is 3. The Hall–Kier alpha value is -3.87. The molecule has 0 saturated carbocycles. The Kier molecular flexibility index (Phi) is 9.50. The Morgan fingerprint density at radius 1 is 0.921 bits per heavy atom. The first-order valence-corrected chi connectivity index (χ1v) is 13.2. The van der Waals surface area contributed by atoms with Crippen LogP contribution in [0.4, 0.5) is 10.5 Å². The van der Waals surface area contributed by atoms with Gasteiger partial charge in [0.2, 0.25) is 5.91 Å². The Bertz CT molecular complexity index is 1260. The van der Waals surface area contributed by atoms with Crippen LogP contribution in [0.5, 0.6) is 0 Å². The quantitative estimate of drug-likeness (QED) is 0.352. The van der Waals surface area contributed by atoms with Crippen LogP contribution in [0.15, 0.2) is 66.7 Å². The number of anilines is 1. The van der Waals surface area contributed by atoms with Crippen LogP contribution in [0.3, 0.4) is 0 Å². The number of nitrogens with zero attached hydrogens (tertiary/aromatic N) is 1. The number of alkyl carbamates (subject to hydrolysis) is 1. The number of carbonyl (C=O) groups excluding carboxylic acids is 3. The third-order valence-corrected chi connectivity index (χ3v) is 6.13. The van der Waals surface area contributed by atoms with E-state index in [0.717, 1.165) is 22.8 Å². The third kappa shape index (κ3) is 7.57. The molecule has 0 fully saturated rings. The highest BCUT2D eigenvalue weighted by Gasteiger charge is 2.34. The van der Waals surface area contributed by atoms with Crippen LogP contribution in [0.25, 0.3) is 10.8 Å². The van der Waals surface area contributed by atoms with E-state index in [4.69, 9.17) is 4.74 Å². The number of benzene rings is 3. The molecule has 0 aliphatic rings. The molecular formula is C31H39N3O4. The molecule has 3 rings (SSSR count). The van der Waals surface area contributed by atoms with E-state index >= 15 is 0 Å². The average molecular weight is 518 g/mol. The van der Waals surface area contributed by atoms with Crippen molar-refractivity contribution >= 4 is 34.4 Å². The van der Waals surface area contributed by atoms with Gasteiger partial charge in [0.05, 0.1) is 0 Å². The zero-order valence-electron chi connectivity index (χ0n) is 23.2. The number of nitrogens with one attached hydrogen (secondary N) is 2. The van der Waals surface area contributed by atoms with Crippen LogP contribution < -0.4 is 10.6 Å². The normalized spacial score (nSPS) is 12.9. The smallest absolute Gasteiger partial charge is 0.408 e. The molecule has 3 aromatic rings. The third-order valence-electron chi connectivity index (χ3n) is 6.13. The molecule has 0 aliphatic heterocycles. The van der Waals surface area contributed by atoms with E-state index in [2.05, 4.69) is 17.6 Å². The lowest BCUT2D eigenvalue weighted by Gasteiger charge is -2.33. The standard InChI is InChI=1S/C31H39N3O4/c1-7-19-34(29(36)21(3)32-30(37)38-31(4,5)6)27(24-15-13-22(8-2)14-16-24)28(35)33-26-18-17-23-11-9-10-12-25(23)20-26/h9-18,20-21,27H,7-8,19H2,1-6H3,(H,32,37)(H,33,35). The lowest BCUT2D eigenvalue weighted by molar-refractivity contribution is -0.140. The van der Waals surface area contributed by atoms with E-state index in [0.29, 0.717) is 24.2 Å². The molecule has 3 amide bonds. The largest absolute Gasteiger partial charge is 0.444 e. The highest BCUT2D eigenvalue weighted by atomic mass is 16.6. The number of rotatable bonds is 9. The molecule has 38 heavy (non-hydrogen) atoms. The molecule has 0 aromatic heterocycles. The summed E-state index contributed by atoms with van der Waals surface area (Å²) in [6, 6.07) is 19.6. The van der Waals surface area contributed by atoms with Crippen molar-refractivity contribution in [1.82, 2.24) is 10.2 Å². The monoisotopic (exact) mass is 517 g/mol. The van der Waals surface area contributed by atoms with Gasteiger partial charge in [-0.15, -0.1) is 0 Å². The van der Waals surface area contributed by atoms with E-state index in [-0.39, 0.29) is 11.8 Å². The summed E-state index contributed by atoms with van der Waals surface area (Å²) in [4.78, 5) is 41.4. The molecule has 3 aromatic carbocycles. The van der Waals surface area contributed by atoms with Gasteiger partial charge < -0.3 is 20.3 Å². The second kappa shape index (κ2) is 12.6. The molecule has 7 nitrogen and oxygen atoms in total. The molecule has 0 saturated heterocycles. The highest BCUT2D eigenvalue weighted by Crippen LogP contribution is 2.26. The first-order valence-electron chi connectivity index (χ1n) is 13.2. The maximum Gasteiger partial charge on any atom is 0.408 e. The molecule has 0 spiro atoms. The molecule has 0 bridgehead atoms. The molecule has 2 unspecified atom stereocenters. The SMILES string of the molecule is CCCN(C(=O)C(C)NC(=O)OC(C)(C)C)C(C(=O)Nc1ccc2ccccc2c1)c1ccc(CC)cc1. The van der Waals surface area contributed by atoms with Crippen LogP contribution in [-0.2, 0) is 20.7 Å². The number of amides is 3. The fourth-order valence-corrected chi connectivity index (χ4v) is 4.29. The topological polar surface area (TPSA) is 87.7 Å². The van der Waals surface area contributed by atoms with Crippen LogP contribution in [-0.4, -0.2) is 41.0 Å². The Morgan fingerprint density at radius 3 is 2.18 bits per heavy atom. The van der Waals surface area contributed by atoms with Gasteiger partial charge >= 0.3 is 6.09 Å². The van der Waals surface area contributed by atoms with E-state index in [9.17, 15) is 14.4 Å². The van der Waals surface area contributed by atoms with Gasteiger partial charge in [0, 0.05) is 12.2 Å². The van der Waals surface area contributed by atoms with E-state index < -0.39 is 23.8 Å². The summed E-state index contributed by atoms with van der Waals surface area (Å²) in [5.74, 6) is -0.688. The molecule has 0 heterocycles. The number of ether oxygens (including phenoxy) is 1. The molecule has 7 heteroatoms. The summed E-state index contributed by atoms with van der Waals surface area (Å²) >= 11 is 0. The second-order valence-corrected chi connectivity index (χ2v) is 10.4. The number of hydrogen-bond acceptors (Lipinski definition) is 4. The fraction of sp³-hybridized carbons (Fsp3) is 0.387. The van der Waals surface area contributed by atoms with Crippen LogP contribution in [0.1, 0.15) is 65.1 Å². The highest BCUT2D eigenvalue weighted by molar-refractivity contribution is 6.00. The van der Waals surface area contributed by atoms with Gasteiger partial charge in [-0.05, 0) is 74.6 Å². The Labute approximate surface area is 225 Å². The summed E-state index contributed by atoms with van der Waals surface area (Å²) < 4.78 is 5.33. The van der Waals surface area contributed by atoms with Crippen molar-refractivity contribution in [3.05, 3.63) is 77.9 Å². The van der Waals surface area contributed by atoms with Gasteiger partial charge in [-0.3, -0.25) is 9.59 Å². The van der Waals surface area contributed by atoms with Crippen molar-refractivity contribution in [1.29, 1.82) is 0 Å². The fourth-order valence-electron chi connectivity index (χ4n) is 4.29. The van der Waals surface area contributed by atoms with E-state index in [1.165, 1.54) is 0 Å². The first kappa shape index (κ1) is 28.7. The molecule has 2 atom stereocenters. The van der Waals surface area contributed by atoms with Crippen molar-refractivity contribution in [2.45, 2.75) is 72.1 Å². The minimum Gasteiger partial charge on any atom is -0.444 e. The van der Waals surface area contributed by atoms with Gasteiger partial charge in [-0.25, -0.2) is 4.79 Å². The number of fused-ring (bicyclic) bond motifs is 1. The second-order valence-electron chi connectivity index (χ2n) is 10.4. The molecule has 0 aliphatic carbocycles. The predicted octanol–water partition coefficient (Wildman–Crippen LogP) is 6.23.